The average Bonchev–Trinajstić information content (AvgIpc) is 3.44. The van der Waals surface area contributed by atoms with Gasteiger partial charge in [-0.2, -0.15) is 10.2 Å². The summed E-state index contributed by atoms with van der Waals surface area (Å²) in [5.41, 5.74) is 6.58. The Bertz CT molecular complexity index is 1610. The molecule has 1 atom stereocenters. The van der Waals surface area contributed by atoms with E-state index in [1.165, 1.54) is 0 Å². The molecule has 5 aromatic rings. The van der Waals surface area contributed by atoms with E-state index in [1.54, 1.807) is 10.8 Å². The number of pyridine rings is 2. The smallest absolute Gasteiger partial charge is 0.259 e. The standard InChI is InChI=1S/C26H29N7O/c1-7-33-25-20(14-28-33)23-18(12-15(2)13-19(23)26(34)31(25)5)17(4)30-21-9-8-16(3)29-24(21)22-10-11-27-32(22)6/h8-14,17,30H,7H2,1-6H3. The van der Waals surface area contributed by atoms with Gasteiger partial charge in [-0.15, -0.1) is 0 Å². The Morgan fingerprint density at radius 2 is 1.85 bits per heavy atom. The van der Waals surface area contributed by atoms with Crippen LogP contribution in [0.3, 0.4) is 0 Å². The van der Waals surface area contributed by atoms with Gasteiger partial charge < -0.3 is 5.32 Å². The first-order valence-electron chi connectivity index (χ1n) is 11.5. The summed E-state index contributed by atoms with van der Waals surface area (Å²) in [7, 11) is 3.73. The van der Waals surface area contributed by atoms with Crippen LogP contribution in [0.15, 0.2) is 47.5 Å². The fraction of sp³-hybridized carbons (Fsp3) is 0.308. The summed E-state index contributed by atoms with van der Waals surface area (Å²) in [6.07, 6.45) is 3.65. The Balaban J connectivity index is 1.71. The van der Waals surface area contributed by atoms with Gasteiger partial charge in [0.05, 0.1) is 17.6 Å². The van der Waals surface area contributed by atoms with Crippen molar-refractivity contribution in [2.45, 2.75) is 40.3 Å². The van der Waals surface area contributed by atoms with Crippen LogP contribution in [0.4, 0.5) is 5.69 Å². The lowest BCUT2D eigenvalue weighted by Crippen LogP contribution is -2.20. The van der Waals surface area contributed by atoms with E-state index in [1.807, 2.05) is 68.6 Å². The van der Waals surface area contributed by atoms with Crippen molar-refractivity contribution in [2.24, 2.45) is 14.1 Å². The van der Waals surface area contributed by atoms with E-state index in [4.69, 9.17) is 4.98 Å². The second kappa shape index (κ2) is 8.13. The molecule has 34 heavy (non-hydrogen) atoms. The molecule has 0 bridgehead atoms. The van der Waals surface area contributed by atoms with Gasteiger partial charge in [0, 0.05) is 54.7 Å². The number of benzene rings is 1. The molecule has 1 aromatic carbocycles. The Morgan fingerprint density at radius 3 is 2.56 bits per heavy atom. The Labute approximate surface area is 197 Å². The van der Waals surface area contributed by atoms with E-state index in [2.05, 4.69) is 34.6 Å². The van der Waals surface area contributed by atoms with Crippen LogP contribution >= 0.6 is 0 Å². The molecule has 4 aromatic heterocycles. The molecule has 0 saturated heterocycles. The molecule has 0 spiro atoms. The molecule has 0 fully saturated rings. The van der Waals surface area contributed by atoms with E-state index in [-0.39, 0.29) is 11.6 Å². The zero-order chi connectivity index (χ0) is 24.1. The second-order valence-corrected chi connectivity index (χ2v) is 8.89. The molecule has 174 valence electrons. The molecular formula is C26H29N7O. The third-order valence-corrected chi connectivity index (χ3v) is 6.48. The number of rotatable bonds is 5. The number of anilines is 1. The fourth-order valence-electron chi connectivity index (χ4n) is 4.83. The van der Waals surface area contributed by atoms with Crippen LogP contribution in [0, 0.1) is 13.8 Å². The van der Waals surface area contributed by atoms with E-state index >= 15 is 0 Å². The number of fused-ring (bicyclic) bond motifs is 3. The minimum Gasteiger partial charge on any atom is -0.377 e. The van der Waals surface area contributed by atoms with E-state index < -0.39 is 0 Å². The van der Waals surface area contributed by atoms with Crippen molar-refractivity contribution in [2.75, 3.05) is 5.32 Å². The number of nitrogens with one attached hydrogen (secondary N) is 1. The molecule has 5 rings (SSSR count). The third-order valence-electron chi connectivity index (χ3n) is 6.48. The van der Waals surface area contributed by atoms with Crippen molar-refractivity contribution in [1.82, 2.24) is 29.1 Å². The molecule has 0 saturated carbocycles. The minimum atomic E-state index is -0.0841. The van der Waals surface area contributed by atoms with Gasteiger partial charge in [-0.3, -0.25) is 14.0 Å². The maximum Gasteiger partial charge on any atom is 0.259 e. The molecule has 4 heterocycles. The van der Waals surface area contributed by atoms with Crippen molar-refractivity contribution >= 4 is 27.5 Å². The van der Waals surface area contributed by atoms with Crippen molar-refractivity contribution < 1.29 is 0 Å². The quantitative estimate of drug-likeness (QED) is 0.422. The molecule has 0 amide bonds. The maximum absolute atomic E-state index is 13.4. The van der Waals surface area contributed by atoms with Crippen LogP contribution in [-0.2, 0) is 20.6 Å². The Morgan fingerprint density at radius 1 is 1.06 bits per heavy atom. The van der Waals surface area contributed by atoms with Gasteiger partial charge in [0.15, 0.2) is 0 Å². The highest BCUT2D eigenvalue weighted by Gasteiger charge is 2.20. The van der Waals surface area contributed by atoms with E-state index in [0.29, 0.717) is 11.9 Å². The molecule has 0 radical (unpaired) electrons. The summed E-state index contributed by atoms with van der Waals surface area (Å²) in [5, 5.41) is 15.2. The van der Waals surface area contributed by atoms with Gasteiger partial charge in [0.2, 0.25) is 0 Å². The van der Waals surface area contributed by atoms with Gasteiger partial charge in [0.1, 0.15) is 11.3 Å². The highest BCUT2D eigenvalue weighted by Crippen LogP contribution is 2.34. The molecule has 8 nitrogen and oxygen atoms in total. The van der Waals surface area contributed by atoms with Crippen molar-refractivity contribution in [3.8, 4) is 11.4 Å². The normalized spacial score (nSPS) is 12.5. The van der Waals surface area contributed by atoms with Crippen LogP contribution < -0.4 is 10.9 Å². The first-order chi connectivity index (χ1) is 16.3. The molecule has 1 N–H and O–H groups in total. The first-order valence-corrected chi connectivity index (χ1v) is 11.5. The Kier molecular flexibility index (Phi) is 5.23. The van der Waals surface area contributed by atoms with Crippen LogP contribution in [0.5, 0.6) is 0 Å². The molecular weight excluding hydrogens is 426 g/mol. The number of hydrogen-bond donors (Lipinski definition) is 1. The second-order valence-electron chi connectivity index (χ2n) is 8.89. The zero-order valence-corrected chi connectivity index (χ0v) is 20.4. The lowest BCUT2D eigenvalue weighted by atomic mass is 9.95. The molecule has 0 aliphatic carbocycles. The number of nitrogens with zero attached hydrogens (tertiary/aromatic N) is 6. The zero-order valence-electron chi connectivity index (χ0n) is 20.4. The van der Waals surface area contributed by atoms with Crippen molar-refractivity contribution in [3.63, 3.8) is 0 Å². The van der Waals surface area contributed by atoms with Gasteiger partial charge >= 0.3 is 0 Å². The Hall–Kier alpha value is -3.94. The lowest BCUT2D eigenvalue weighted by molar-refractivity contribution is 0.659. The summed E-state index contributed by atoms with van der Waals surface area (Å²) >= 11 is 0. The fourth-order valence-corrected chi connectivity index (χ4v) is 4.83. The molecule has 0 aliphatic heterocycles. The molecule has 0 aliphatic rings. The maximum atomic E-state index is 13.4. The van der Waals surface area contributed by atoms with Gasteiger partial charge in [0.25, 0.3) is 5.56 Å². The number of aromatic nitrogens is 6. The highest BCUT2D eigenvalue weighted by molar-refractivity contribution is 6.07. The van der Waals surface area contributed by atoms with Crippen LogP contribution in [0.25, 0.3) is 33.2 Å². The topological polar surface area (TPSA) is 82.6 Å². The predicted octanol–water partition coefficient (Wildman–Crippen LogP) is 4.49. The minimum absolute atomic E-state index is 0.0116. The molecule has 8 heteroatoms. The largest absolute Gasteiger partial charge is 0.377 e. The third kappa shape index (κ3) is 3.37. The summed E-state index contributed by atoms with van der Waals surface area (Å²) < 4.78 is 5.41. The summed E-state index contributed by atoms with van der Waals surface area (Å²) in [6, 6.07) is 10.1. The number of aryl methyl sites for hydroxylation is 5. The summed E-state index contributed by atoms with van der Waals surface area (Å²) in [4.78, 5) is 18.2. The van der Waals surface area contributed by atoms with Crippen LogP contribution in [0.2, 0.25) is 0 Å². The molecule has 1 unspecified atom stereocenters. The van der Waals surface area contributed by atoms with E-state index in [9.17, 15) is 4.79 Å². The SMILES string of the molecule is CCn1ncc2c3c(C(C)Nc4ccc(C)nc4-c4ccnn4C)cc(C)cc3c(=O)n(C)c21. The highest BCUT2D eigenvalue weighted by atomic mass is 16.1. The summed E-state index contributed by atoms with van der Waals surface area (Å²) in [5.74, 6) is 0. The first kappa shape index (κ1) is 21.9. The monoisotopic (exact) mass is 455 g/mol. The lowest BCUT2D eigenvalue weighted by Gasteiger charge is -2.21. The average molecular weight is 456 g/mol. The van der Waals surface area contributed by atoms with Crippen molar-refractivity contribution in [1.29, 1.82) is 0 Å². The number of hydrogen-bond acceptors (Lipinski definition) is 5. The summed E-state index contributed by atoms with van der Waals surface area (Å²) in [6.45, 7) is 8.86. The van der Waals surface area contributed by atoms with Crippen molar-refractivity contribution in [3.05, 3.63) is 69.9 Å². The van der Waals surface area contributed by atoms with Gasteiger partial charge in [-0.05, 0) is 63.1 Å². The van der Waals surface area contributed by atoms with Gasteiger partial charge in [-0.25, -0.2) is 9.67 Å². The van der Waals surface area contributed by atoms with E-state index in [0.717, 1.165) is 50.3 Å². The van der Waals surface area contributed by atoms with Crippen LogP contribution in [-0.4, -0.2) is 29.1 Å². The van der Waals surface area contributed by atoms with Gasteiger partial charge in [-0.1, -0.05) is 6.07 Å². The van der Waals surface area contributed by atoms with Crippen LogP contribution in [0.1, 0.15) is 36.7 Å². The predicted molar refractivity (Wildman–Crippen MR) is 136 cm³/mol.